The van der Waals surface area contributed by atoms with Gasteiger partial charge >= 0.3 is 5.97 Å². The lowest BCUT2D eigenvalue weighted by atomic mass is 10.2. The van der Waals surface area contributed by atoms with Gasteiger partial charge in [-0.05, 0) is 25.1 Å². The average Bonchev–Trinajstić information content (AvgIpc) is 2.36. The van der Waals surface area contributed by atoms with E-state index in [-0.39, 0.29) is 11.9 Å². The van der Waals surface area contributed by atoms with Crippen LogP contribution in [0.3, 0.4) is 0 Å². The lowest BCUT2D eigenvalue weighted by Gasteiger charge is -2.15. The van der Waals surface area contributed by atoms with Gasteiger partial charge in [0.05, 0.1) is 25.3 Å². The Hall–Kier alpha value is -1.23. The van der Waals surface area contributed by atoms with Crippen molar-refractivity contribution in [3.63, 3.8) is 0 Å². The van der Waals surface area contributed by atoms with Gasteiger partial charge in [-0.1, -0.05) is 22.9 Å². The Morgan fingerprint density at radius 2 is 2.22 bits per heavy atom. The number of halogens is 1. The molecule has 0 saturated carbocycles. The number of esters is 1. The van der Waals surface area contributed by atoms with E-state index in [2.05, 4.69) is 21.2 Å². The second-order valence-electron chi connectivity index (χ2n) is 3.88. The van der Waals surface area contributed by atoms with Crippen molar-refractivity contribution in [2.75, 3.05) is 25.6 Å². The standard InChI is InChI=1S/C13H18BrNO3/c1-4-18-13(16)9(2)8-15-11-7-10(14)5-6-12(11)17-3/h5-7,9,15H,4,8H2,1-3H3. The molecule has 0 fully saturated rings. The summed E-state index contributed by atoms with van der Waals surface area (Å²) in [7, 11) is 1.61. The number of hydrogen-bond acceptors (Lipinski definition) is 4. The first-order chi connectivity index (χ1) is 8.58. The van der Waals surface area contributed by atoms with Gasteiger partial charge in [0.1, 0.15) is 5.75 Å². The fourth-order valence-corrected chi connectivity index (χ4v) is 1.81. The zero-order valence-electron chi connectivity index (χ0n) is 10.8. The van der Waals surface area contributed by atoms with Crippen LogP contribution in [-0.4, -0.2) is 26.2 Å². The summed E-state index contributed by atoms with van der Waals surface area (Å²) in [5.41, 5.74) is 0.850. The normalized spacial score (nSPS) is 11.8. The van der Waals surface area contributed by atoms with Gasteiger partial charge in [-0.2, -0.15) is 0 Å². The summed E-state index contributed by atoms with van der Waals surface area (Å²) in [6, 6.07) is 5.68. The minimum atomic E-state index is -0.200. The van der Waals surface area contributed by atoms with Crippen LogP contribution in [0.5, 0.6) is 5.75 Å². The summed E-state index contributed by atoms with van der Waals surface area (Å²) in [6.45, 7) is 4.54. The van der Waals surface area contributed by atoms with Crippen LogP contribution in [0.2, 0.25) is 0 Å². The van der Waals surface area contributed by atoms with Crippen LogP contribution in [0.25, 0.3) is 0 Å². The summed E-state index contributed by atoms with van der Waals surface area (Å²) >= 11 is 3.40. The van der Waals surface area contributed by atoms with Crippen LogP contribution in [-0.2, 0) is 9.53 Å². The molecule has 0 aliphatic heterocycles. The molecule has 1 aromatic rings. The van der Waals surface area contributed by atoms with Gasteiger partial charge in [-0.3, -0.25) is 4.79 Å². The Balaban J connectivity index is 2.62. The van der Waals surface area contributed by atoms with E-state index in [9.17, 15) is 4.79 Å². The Labute approximate surface area is 116 Å². The molecule has 1 unspecified atom stereocenters. The van der Waals surface area contributed by atoms with Crippen LogP contribution in [0.1, 0.15) is 13.8 Å². The summed E-state index contributed by atoms with van der Waals surface area (Å²) in [6.07, 6.45) is 0. The van der Waals surface area contributed by atoms with Crippen molar-refractivity contribution >= 4 is 27.6 Å². The van der Waals surface area contributed by atoms with E-state index in [1.165, 1.54) is 0 Å². The molecule has 1 atom stereocenters. The minimum absolute atomic E-state index is 0.195. The zero-order valence-corrected chi connectivity index (χ0v) is 12.4. The van der Waals surface area contributed by atoms with Crippen LogP contribution in [0.15, 0.2) is 22.7 Å². The van der Waals surface area contributed by atoms with Crippen molar-refractivity contribution in [2.24, 2.45) is 5.92 Å². The van der Waals surface area contributed by atoms with Crippen molar-refractivity contribution in [1.82, 2.24) is 0 Å². The Morgan fingerprint density at radius 3 is 2.83 bits per heavy atom. The maximum atomic E-state index is 11.5. The highest BCUT2D eigenvalue weighted by Crippen LogP contribution is 2.28. The molecule has 4 nitrogen and oxygen atoms in total. The monoisotopic (exact) mass is 315 g/mol. The molecule has 18 heavy (non-hydrogen) atoms. The maximum Gasteiger partial charge on any atom is 0.310 e. The molecule has 0 amide bonds. The molecule has 0 spiro atoms. The molecule has 100 valence electrons. The second kappa shape index (κ2) is 7.26. The molecule has 1 rings (SSSR count). The van der Waals surface area contributed by atoms with Gasteiger partial charge in [-0.15, -0.1) is 0 Å². The smallest absolute Gasteiger partial charge is 0.310 e. The van der Waals surface area contributed by atoms with Crippen molar-refractivity contribution < 1.29 is 14.3 Å². The van der Waals surface area contributed by atoms with Gasteiger partial charge in [0.2, 0.25) is 0 Å². The number of hydrogen-bond donors (Lipinski definition) is 1. The number of anilines is 1. The number of nitrogens with one attached hydrogen (secondary N) is 1. The highest BCUT2D eigenvalue weighted by molar-refractivity contribution is 9.10. The quantitative estimate of drug-likeness (QED) is 0.820. The zero-order chi connectivity index (χ0) is 13.5. The van der Waals surface area contributed by atoms with Crippen molar-refractivity contribution in [2.45, 2.75) is 13.8 Å². The molecule has 0 bridgehead atoms. The third-order valence-corrected chi connectivity index (χ3v) is 2.94. The lowest BCUT2D eigenvalue weighted by Crippen LogP contribution is -2.22. The van der Waals surface area contributed by atoms with E-state index in [0.29, 0.717) is 13.2 Å². The highest BCUT2D eigenvalue weighted by Gasteiger charge is 2.14. The molecule has 1 N–H and O–H groups in total. The Bertz CT molecular complexity index is 409. The van der Waals surface area contributed by atoms with Gasteiger partial charge in [0, 0.05) is 11.0 Å². The highest BCUT2D eigenvalue weighted by atomic mass is 79.9. The van der Waals surface area contributed by atoms with E-state index in [1.807, 2.05) is 25.1 Å². The van der Waals surface area contributed by atoms with Crippen molar-refractivity contribution in [3.05, 3.63) is 22.7 Å². The molecule has 0 aliphatic rings. The predicted octanol–water partition coefficient (Wildman–Crippen LogP) is 3.07. The maximum absolute atomic E-state index is 11.5. The molecule has 0 saturated heterocycles. The fraction of sp³-hybridized carbons (Fsp3) is 0.462. The lowest BCUT2D eigenvalue weighted by molar-refractivity contribution is -0.146. The Kier molecular flexibility index (Phi) is 5.98. The molecular weight excluding hydrogens is 298 g/mol. The van der Waals surface area contributed by atoms with Gasteiger partial charge in [0.15, 0.2) is 0 Å². The molecule has 5 heteroatoms. The van der Waals surface area contributed by atoms with Crippen LogP contribution in [0, 0.1) is 5.92 Å². The van der Waals surface area contributed by atoms with E-state index in [1.54, 1.807) is 14.0 Å². The fourth-order valence-electron chi connectivity index (χ4n) is 1.45. The molecule has 0 heterocycles. The van der Waals surface area contributed by atoms with Crippen LogP contribution >= 0.6 is 15.9 Å². The number of rotatable bonds is 6. The summed E-state index contributed by atoms with van der Waals surface area (Å²) < 4.78 is 11.1. The van der Waals surface area contributed by atoms with Gasteiger partial charge < -0.3 is 14.8 Å². The number of methoxy groups -OCH3 is 1. The van der Waals surface area contributed by atoms with Gasteiger partial charge in [0.25, 0.3) is 0 Å². The van der Waals surface area contributed by atoms with E-state index >= 15 is 0 Å². The third kappa shape index (κ3) is 4.22. The first-order valence-corrected chi connectivity index (χ1v) is 6.61. The first-order valence-electron chi connectivity index (χ1n) is 5.82. The molecule has 0 aliphatic carbocycles. The minimum Gasteiger partial charge on any atom is -0.495 e. The van der Waals surface area contributed by atoms with E-state index < -0.39 is 0 Å². The van der Waals surface area contributed by atoms with Crippen LogP contribution < -0.4 is 10.1 Å². The SMILES string of the molecule is CCOC(=O)C(C)CNc1cc(Br)ccc1OC. The van der Waals surface area contributed by atoms with E-state index in [4.69, 9.17) is 9.47 Å². The Morgan fingerprint density at radius 1 is 1.50 bits per heavy atom. The van der Waals surface area contributed by atoms with Crippen LogP contribution in [0.4, 0.5) is 5.69 Å². The van der Waals surface area contributed by atoms with E-state index in [0.717, 1.165) is 15.9 Å². The van der Waals surface area contributed by atoms with Gasteiger partial charge in [-0.25, -0.2) is 0 Å². The topological polar surface area (TPSA) is 47.6 Å². The predicted molar refractivity (Wildman–Crippen MR) is 75.0 cm³/mol. The second-order valence-corrected chi connectivity index (χ2v) is 4.79. The molecule has 0 aromatic heterocycles. The summed E-state index contributed by atoms with van der Waals surface area (Å²) in [5, 5.41) is 3.19. The average molecular weight is 316 g/mol. The summed E-state index contributed by atoms with van der Waals surface area (Å²) in [4.78, 5) is 11.5. The van der Waals surface area contributed by atoms with Crippen molar-refractivity contribution in [3.8, 4) is 5.75 Å². The molecule has 1 aromatic carbocycles. The third-order valence-electron chi connectivity index (χ3n) is 2.45. The number of carbonyl (C=O) groups is 1. The number of benzene rings is 1. The number of ether oxygens (including phenoxy) is 2. The number of carbonyl (C=O) groups excluding carboxylic acids is 1. The molecular formula is C13H18BrNO3. The summed E-state index contributed by atoms with van der Waals surface area (Å²) in [5.74, 6) is 0.349. The molecule has 0 radical (unpaired) electrons. The first kappa shape index (κ1) is 14.8. The largest absolute Gasteiger partial charge is 0.495 e. The van der Waals surface area contributed by atoms with Crippen molar-refractivity contribution in [1.29, 1.82) is 0 Å².